The maximum atomic E-state index is 5.29. The largest absolute Gasteiger partial charge is 0.381 e. The first kappa shape index (κ1) is 9.93. The second kappa shape index (κ2) is 4.75. The molecule has 1 N–H and O–H groups in total. The standard InChI is InChI=1S/C10H13BrN2O/c11-10-2-1-9(7-12-10)13-8-3-5-14-6-4-8/h1-2,7-8,13H,3-6H2. The van der Waals surface area contributed by atoms with E-state index >= 15 is 0 Å². The van der Waals surface area contributed by atoms with E-state index in [1.165, 1.54) is 0 Å². The molecule has 0 spiro atoms. The van der Waals surface area contributed by atoms with Gasteiger partial charge in [-0.1, -0.05) is 0 Å². The van der Waals surface area contributed by atoms with E-state index in [2.05, 4.69) is 26.2 Å². The molecule has 3 nitrogen and oxygen atoms in total. The zero-order chi connectivity index (χ0) is 9.80. The summed E-state index contributed by atoms with van der Waals surface area (Å²) < 4.78 is 6.16. The Morgan fingerprint density at radius 2 is 2.14 bits per heavy atom. The summed E-state index contributed by atoms with van der Waals surface area (Å²) in [5.41, 5.74) is 1.08. The summed E-state index contributed by atoms with van der Waals surface area (Å²) in [6, 6.07) is 4.51. The van der Waals surface area contributed by atoms with E-state index in [-0.39, 0.29) is 0 Å². The fourth-order valence-electron chi connectivity index (χ4n) is 1.54. The summed E-state index contributed by atoms with van der Waals surface area (Å²) in [4.78, 5) is 4.17. The SMILES string of the molecule is Brc1ccc(NC2CCOCC2)cn1. The van der Waals surface area contributed by atoms with Crippen molar-refractivity contribution in [3.05, 3.63) is 22.9 Å². The normalized spacial score (nSPS) is 18.1. The molecule has 2 rings (SSSR count). The minimum atomic E-state index is 0.534. The van der Waals surface area contributed by atoms with Crippen LogP contribution in [0.5, 0.6) is 0 Å². The van der Waals surface area contributed by atoms with E-state index in [1.54, 1.807) is 0 Å². The number of halogens is 1. The molecule has 0 bridgehead atoms. The van der Waals surface area contributed by atoms with Crippen molar-refractivity contribution in [2.45, 2.75) is 18.9 Å². The van der Waals surface area contributed by atoms with Crippen molar-refractivity contribution < 1.29 is 4.74 Å². The van der Waals surface area contributed by atoms with Gasteiger partial charge >= 0.3 is 0 Å². The van der Waals surface area contributed by atoms with Crippen LogP contribution in [0.2, 0.25) is 0 Å². The van der Waals surface area contributed by atoms with Crippen LogP contribution < -0.4 is 5.32 Å². The third-order valence-electron chi connectivity index (χ3n) is 2.32. The Morgan fingerprint density at radius 3 is 2.79 bits per heavy atom. The molecule has 1 aromatic rings. The highest BCUT2D eigenvalue weighted by Crippen LogP contribution is 2.15. The third kappa shape index (κ3) is 2.69. The van der Waals surface area contributed by atoms with Crippen molar-refractivity contribution in [1.82, 2.24) is 4.98 Å². The number of nitrogens with one attached hydrogen (secondary N) is 1. The smallest absolute Gasteiger partial charge is 0.106 e. The first-order chi connectivity index (χ1) is 6.84. The van der Waals surface area contributed by atoms with Gasteiger partial charge in [0.2, 0.25) is 0 Å². The predicted molar refractivity (Wildman–Crippen MR) is 59.4 cm³/mol. The molecule has 0 unspecified atom stereocenters. The van der Waals surface area contributed by atoms with E-state index in [1.807, 2.05) is 18.3 Å². The third-order valence-corrected chi connectivity index (χ3v) is 2.79. The fraction of sp³-hybridized carbons (Fsp3) is 0.500. The zero-order valence-corrected chi connectivity index (χ0v) is 9.46. The average Bonchev–Trinajstić information content (AvgIpc) is 2.23. The van der Waals surface area contributed by atoms with Crippen LogP contribution in [0, 0.1) is 0 Å². The van der Waals surface area contributed by atoms with Crippen LogP contribution in [0.1, 0.15) is 12.8 Å². The molecule has 1 saturated heterocycles. The maximum absolute atomic E-state index is 5.29. The second-order valence-corrected chi connectivity index (χ2v) is 4.21. The summed E-state index contributed by atoms with van der Waals surface area (Å²) in [7, 11) is 0. The van der Waals surface area contributed by atoms with Gasteiger partial charge in [-0.15, -0.1) is 0 Å². The van der Waals surface area contributed by atoms with Gasteiger partial charge in [0, 0.05) is 19.3 Å². The highest BCUT2D eigenvalue weighted by Gasteiger charge is 2.12. The first-order valence-electron chi connectivity index (χ1n) is 4.80. The fourth-order valence-corrected chi connectivity index (χ4v) is 1.77. The van der Waals surface area contributed by atoms with Gasteiger partial charge in [0.1, 0.15) is 4.60 Å². The van der Waals surface area contributed by atoms with Crippen LogP contribution in [-0.4, -0.2) is 24.2 Å². The Hall–Kier alpha value is -0.610. The van der Waals surface area contributed by atoms with Crippen molar-refractivity contribution in [3.63, 3.8) is 0 Å². The molecule has 4 heteroatoms. The van der Waals surface area contributed by atoms with E-state index in [4.69, 9.17) is 4.74 Å². The Balaban J connectivity index is 1.92. The van der Waals surface area contributed by atoms with Crippen molar-refractivity contribution in [3.8, 4) is 0 Å². The lowest BCUT2D eigenvalue weighted by Gasteiger charge is -2.23. The Bertz CT molecular complexity index is 283. The number of pyridine rings is 1. The van der Waals surface area contributed by atoms with Gasteiger partial charge in [0.15, 0.2) is 0 Å². The second-order valence-electron chi connectivity index (χ2n) is 3.40. The molecular weight excluding hydrogens is 244 g/mol. The van der Waals surface area contributed by atoms with Gasteiger partial charge in [-0.05, 0) is 40.9 Å². The number of hydrogen-bond acceptors (Lipinski definition) is 3. The number of rotatable bonds is 2. The lowest BCUT2D eigenvalue weighted by Crippen LogP contribution is -2.27. The van der Waals surface area contributed by atoms with Crippen LogP contribution >= 0.6 is 15.9 Å². The summed E-state index contributed by atoms with van der Waals surface area (Å²) >= 11 is 3.31. The summed E-state index contributed by atoms with van der Waals surface area (Å²) in [5, 5.41) is 3.44. The van der Waals surface area contributed by atoms with Crippen LogP contribution in [-0.2, 0) is 4.74 Å². The number of anilines is 1. The lowest BCUT2D eigenvalue weighted by atomic mass is 10.1. The van der Waals surface area contributed by atoms with E-state index in [0.717, 1.165) is 36.3 Å². The van der Waals surface area contributed by atoms with Crippen molar-refractivity contribution in [2.75, 3.05) is 18.5 Å². The van der Waals surface area contributed by atoms with Gasteiger partial charge in [-0.3, -0.25) is 0 Å². The van der Waals surface area contributed by atoms with Gasteiger partial charge in [0.25, 0.3) is 0 Å². The molecule has 0 amide bonds. The van der Waals surface area contributed by atoms with Gasteiger partial charge in [-0.2, -0.15) is 0 Å². The zero-order valence-electron chi connectivity index (χ0n) is 7.87. The summed E-state index contributed by atoms with van der Waals surface area (Å²) in [6.45, 7) is 1.73. The van der Waals surface area contributed by atoms with Gasteiger partial charge in [0.05, 0.1) is 11.9 Å². The van der Waals surface area contributed by atoms with Crippen molar-refractivity contribution in [1.29, 1.82) is 0 Å². The lowest BCUT2D eigenvalue weighted by molar-refractivity contribution is 0.0904. The average molecular weight is 257 g/mol. The Labute approximate surface area is 92.0 Å². The Kier molecular flexibility index (Phi) is 3.37. The minimum Gasteiger partial charge on any atom is -0.381 e. The van der Waals surface area contributed by atoms with Crippen molar-refractivity contribution >= 4 is 21.6 Å². The molecule has 1 aromatic heterocycles. The van der Waals surface area contributed by atoms with Gasteiger partial charge < -0.3 is 10.1 Å². The summed E-state index contributed by atoms with van der Waals surface area (Å²) in [6.07, 6.45) is 4.01. The van der Waals surface area contributed by atoms with E-state index in [0.29, 0.717) is 6.04 Å². The molecule has 1 aliphatic rings. The van der Waals surface area contributed by atoms with Crippen LogP contribution in [0.25, 0.3) is 0 Å². The number of hydrogen-bond donors (Lipinski definition) is 1. The van der Waals surface area contributed by atoms with Crippen LogP contribution in [0.4, 0.5) is 5.69 Å². The molecular formula is C10H13BrN2O. The number of ether oxygens (including phenoxy) is 1. The Morgan fingerprint density at radius 1 is 1.36 bits per heavy atom. The van der Waals surface area contributed by atoms with Crippen LogP contribution in [0.15, 0.2) is 22.9 Å². The maximum Gasteiger partial charge on any atom is 0.106 e. The molecule has 2 heterocycles. The molecule has 0 aliphatic carbocycles. The highest BCUT2D eigenvalue weighted by atomic mass is 79.9. The topological polar surface area (TPSA) is 34.1 Å². The molecule has 0 radical (unpaired) electrons. The van der Waals surface area contributed by atoms with E-state index in [9.17, 15) is 0 Å². The predicted octanol–water partition coefficient (Wildman–Crippen LogP) is 2.44. The molecule has 14 heavy (non-hydrogen) atoms. The van der Waals surface area contributed by atoms with Gasteiger partial charge in [-0.25, -0.2) is 4.98 Å². The number of nitrogens with zero attached hydrogens (tertiary/aromatic N) is 1. The van der Waals surface area contributed by atoms with E-state index < -0.39 is 0 Å². The highest BCUT2D eigenvalue weighted by molar-refractivity contribution is 9.10. The number of aromatic nitrogens is 1. The molecule has 0 aromatic carbocycles. The van der Waals surface area contributed by atoms with Crippen molar-refractivity contribution in [2.24, 2.45) is 0 Å². The first-order valence-corrected chi connectivity index (χ1v) is 5.60. The molecule has 0 saturated carbocycles. The quantitative estimate of drug-likeness (QED) is 0.826. The molecule has 1 fully saturated rings. The van der Waals surface area contributed by atoms with Crippen LogP contribution in [0.3, 0.4) is 0 Å². The summed E-state index contributed by atoms with van der Waals surface area (Å²) in [5.74, 6) is 0. The minimum absolute atomic E-state index is 0.534. The molecule has 1 aliphatic heterocycles. The molecule has 0 atom stereocenters. The monoisotopic (exact) mass is 256 g/mol. The molecule has 76 valence electrons.